The highest BCUT2D eigenvalue weighted by Crippen LogP contribution is 2.22. The summed E-state index contributed by atoms with van der Waals surface area (Å²) in [5, 5.41) is 2.96. The van der Waals surface area contributed by atoms with Gasteiger partial charge in [0.2, 0.25) is 0 Å². The van der Waals surface area contributed by atoms with Crippen LogP contribution in [0.2, 0.25) is 0 Å². The van der Waals surface area contributed by atoms with Crippen molar-refractivity contribution in [2.75, 3.05) is 32.5 Å². The summed E-state index contributed by atoms with van der Waals surface area (Å²) in [6, 6.07) is 19.4. The second-order valence-corrected chi connectivity index (χ2v) is 10.1. The van der Waals surface area contributed by atoms with E-state index < -0.39 is 10.0 Å². The van der Waals surface area contributed by atoms with Gasteiger partial charge in [0.25, 0.3) is 15.9 Å². The van der Waals surface area contributed by atoms with E-state index in [1.54, 1.807) is 50.4 Å². The quantitative estimate of drug-likeness (QED) is 0.480. The summed E-state index contributed by atoms with van der Waals surface area (Å²) in [4.78, 5) is 15.0. The number of carbonyl (C=O) groups is 1. The number of rotatable bonds is 9. The molecule has 1 amide bonds. The topological polar surface area (TPSA) is 87.7 Å². The van der Waals surface area contributed by atoms with E-state index in [2.05, 4.69) is 10.0 Å². The molecule has 0 aliphatic carbocycles. The summed E-state index contributed by atoms with van der Waals surface area (Å²) in [7, 11) is 1.80. The summed E-state index contributed by atoms with van der Waals surface area (Å²) in [5.41, 5.74) is 3.43. The van der Waals surface area contributed by atoms with Crippen molar-refractivity contribution in [2.45, 2.75) is 24.8 Å². The highest BCUT2D eigenvalue weighted by Gasteiger charge is 2.18. The number of sulfonamides is 1. The lowest BCUT2D eigenvalue weighted by Gasteiger charge is -2.25. The van der Waals surface area contributed by atoms with E-state index in [1.165, 1.54) is 0 Å². The molecule has 0 unspecified atom stereocenters. The van der Waals surface area contributed by atoms with Crippen LogP contribution in [0.15, 0.2) is 71.6 Å². The van der Waals surface area contributed by atoms with Crippen molar-refractivity contribution in [1.29, 1.82) is 0 Å². The Morgan fingerprint density at radius 2 is 1.62 bits per heavy atom. The Hall–Kier alpha value is -3.36. The SMILES string of the molecule is COc1ccc([C@@H](CNC(=O)c2ccc(NS(=O)(=O)c3cc(C)ccc3C)cc2)N(C)C)cc1. The molecular weight excluding hydrogens is 450 g/mol. The lowest BCUT2D eigenvalue weighted by molar-refractivity contribution is 0.0942. The van der Waals surface area contributed by atoms with Crippen LogP contribution in [-0.2, 0) is 10.0 Å². The third kappa shape index (κ3) is 6.15. The average Bonchev–Trinajstić information content (AvgIpc) is 2.81. The van der Waals surface area contributed by atoms with E-state index in [9.17, 15) is 13.2 Å². The average molecular weight is 482 g/mol. The Morgan fingerprint density at radius 3 is 2.21 bits per heavy atom. The Labute approximate surface area is 201 Å². The van der Waals surface area contributed by atoms with Crippen molar-refractivity contribution in [1.82, 2.24) is 10.2 Å². The predicted molar refractivity (Wildman–Crippen MR) is 135 cm³/mol. The Morgan fingerprint density at radius 1 is 0.971 bits per heavy atom. The number of likely N-dealkylation sites (N-methyl/N-ethyl adjacent to an activating group) is 1. The first-order valence-electron chi connectivity index (χ1n) is 10.9. The summed E-state index contributed by atoms with van der Waals surface area (Å²) in [6.45, 7) is 4.02. The van der Waals surface area contributed by atoms with Crippen molar-refractivity contribution in [2.24, 2.45) is 0 Å². The fourth-order valence-corrected chi connectivity index (χ4v) is 5.00. The molecule has 0 radical (unpaired) electrons. The smallest absolute Gasteiger partial charge is 0.262 e. The maximum Gasteiger partial charge on any atom is 0.262 e. The molecule has 0 fully saturated rings. The van der Waals surface area contributed by atoms with Crippen LogP contribution < -0.4 is 14.8 Å². The lowest BCUT2D eigenvalue weighted by atomic mass is 10.1. The molecule has 3 rings (SSSR count). The van der Waals surface area contributed by atoms with Gasteiger partial charge in [-0.25, -0.2) is 8.42 Å². The maximum atomic E-state index is 12.8. The fourth-order valence-electron chi connectivity index (χ4n) is 3.61. The second-order valence-electron chi connectivity index (χ2n) is 8.41. The molecular formula is C26H31N3O4S. The molecule has 2 N–H and O–H groups in total. The van der Waals surface area contributed by atoms with Crippen LogP contribution in [0.3, 0.4) is 0 Å². The predicted octanol–water partition coefficient (Wildman–Crippen LogP) is 4.15. The molecule has 0 saturated heterocycles. The van der Waals surface area contributed by atoms with Crippen LogP contribution in [-0.4, -0.2) is 47.0 Å². The molecule has 0 heterocycles. The van der Waals surface area contributed by atoms with Crippen LogP contribution in [0, 0.1) is 13.8 Å². The minimum Gasteiger partial charge on any atom is -0.497 e. The number of amides is 1. The molecule has 0 bridgehead atoms. The van der Waals surface area contributed by atoms with Crippen molar-refractivity contribution < 1.29 is 17.9 Å². The van der Waals surface area contributed by atoms with Gasteiger partial charge in [0.15, 0.2) is 0 Å². The Balaban J connectivity index is 1.66. The van der Waals surface area contributed by atoms with Gasteiger partial charge < -0.3 is 15.0 Å². The van der Waals surface area contributed by atoms with Crippen molar-refractivity contribution in [3.05, 3.63) is 89.0 Å². The molecule has 180 valence electrons. The molecule has 0 aromatic heterocycles. The van der Waals surface area contributed by atoms with E-state index in [0.717, 1.165) is 16.9 Å². The fraction of sp³-hybridized carbons (Fsp3) is 0.269. The Bertz CT molecular complexity index is 1240. The standard InChI is InChI=1S/C26H31N3O4S/c1-18-6-7-19(2)25(16-18)34(31,32)28-22-12-8-21(9-13-22)26(30)27-17-24(29(3)4)20-10-14-23(33-5)15-11-20/h6-16,24,28H,17H2,1-5H3,(H,27,30)/t24-/m1/s1. The molecule has 0 spiro atoms. The van der Waals surface area contributed by atoms with Crippen LogP contribution in [0.1, 0.15) is 33.1 Å². The largest absolute Gasteiger partial charge is 0.497 e. The number of hydrogen-bond acceptors (Lipinski definition) is 5. The second kappa shape index (κ2) is 10.7. The first-order chi connectivity index (χ1) is 16.1. The monoisotopic (exact) mass is 481 g/mol. The molecule has 34 heavy (non-hydrogen) atoms. The summed E-state index contributed by atoms with van der Waals surface area (Å²) in [6.07, 6.45) is 0. The number of hydrogen-bond donors (Lipinski definition) is 2. The van der Waals surface area contributed by atoms with E-state index in [1.807, 2.05) is 56.3 Å². The van der Waals surface area contributed by atoms with Gasteiger partial charge in [-0.15, -0.1) is 0 Å². The van der Waals surface area contributed by atoms with Gasteiger partial charge in [0.1, 0.15) is 5.75 Å². The van der Waals surface area contributed by atoms with Gasteiger partial charge in [0.05, 0.1) is 18.0 Å². The number of benzene rings is 3. The summed E-state index contributed by atoms with van der Waals surface area (Å²) < 4.78 is 33.4. The van der Waals surface area contributed by atoms with E-state index in [4.69, 9.17) is 4.74 Å². The van der Waals surface area contributed by atoms with E-state index in [0.29, 0.717) is 23.4 Å². The van der Waals surface area contributed by atoms with Gasteiger partial charge in [-0.05, 0) is 87.1 Å². The number of carbonyl (C=O) groups excluding carboxylic acids is 1. The van der Waals surface area contributed by atoms with Crippen molar-refractivity contribution >= 4 is 21.6 Å². The number of nitrogens with one attached hydrogen (secondary N) is 2. The lowest BCUT2D eigenvalue weighted by Crippen LogP contribution is -2.34. The third-order valence-electron chi connectivity index (χ3n) is 5.61. The molecule has 0 saturated carbocycles. The van der Waals surface area contributed by atoms with Crippen LogP contribution >= 0.6 is 0 Å². The number of methoxy groups -OCH3 is 1. The minimum atomic E-state index is -3.73. The normalized spacial score (nSPS) is 12.3. The maximum absolute atomic E-state index is 12.8. The first-order valence-corrected chi connectivity index (χ1v) is 12.4. The molecule has 7 nitrogen and oxygen atoms in total. The van der Waals surface area contributed by atoms with Crippen LogP contribution in [0.25, 0.3) is 0 Å². The molecule has 0 aliphatic rings. The highest BCUT2D eigenvalue weighted by molar-refractivity contribution is 7.92. The Kier molecular flexibility index (Phi) is 7.96. The van der Waals surface area contributed by atoms with Crippen molar-refractivity contribution in [3.8, 4) is 5.75 Å². The zero-order valence-electron chi connectivity index (χ0n) is 20.1. The number of nitrogens with zero attached hydrogens (tertiary/aromatic N) is 1. The van der Waals surface area contributed by atoms with Crippen LogP contribution in [0.4, 0.5) is 5.69 Å². The van der Waals surface area contributed by atoms with Gasteiger partial charge in [0, 0.05) is 17.8 Å². The van der Waals surface area contributed by atoms with Gasteiger partial charge >= 0.3 is 0 Å². The van der Waals surface area contributed by atoms with Gasteiger partial charge in [-0.1, -0.05) is 24.3 Å². The first kappa shape index (κ1) is 25.3. The van der Waals surface area contributed by atoms with E-state index in [-0.39, 0.29) is 16.8 Å². The zero-order valence-corrected chi connectivity index (χ0v) is 20.9. The van der Waals surface area contributed by atoms with Crippen LogP contribution in [0.5, 0.6) is 5.75 Å². The summed E-state index contributed by atoms with van der Waals surface area (Å²) >= 11 is 0. The minimum absolute atomic E-state index is 0.0153. The number of anilines is 1. The van der Waals surface area contributed by atoms with Gasteiger partial charge in [-0.3, -0.25) is 9.52 Å². The number of aryl methyl sites for hydroxylation is 2. The van der Waals surface area contributed by atoms with Gasteiger partial charge in [-0.2, -0.15) is 0 Å². The number of ether oxygens (including phenoxy) is 1. The van der Waals surface area contributed by atoms with E-state index >= 15 is 0 Å². The highest BCUT2D eigenvalue weighted by atomic mass is 32.2. The summed E-state index contributed by atoms with van der Waals surface area (Å²) in [5.74, 6) is 0.544. The zero-order chi connectivity index (χ0) is 24.9. The molecule has 8 heteroatoms. The van der Waals surface area contributed by atoms with Crippen molar-refractivity contribution in [3.63, 3.8) is 0 Å². The third-order valence-corrected chi connectivity index (χ3v) is 7.14. The molecule has 3 aromatic carbocycles. The molecule has 3 aromatic rings. The molecule has 1 atom stereocenters. The molecule has 0 aliphatic heterocycles.